The SMILES string of the molecule is CC1CCN(S(=O)(=O)c2ccc(-c3csc(-c4ccc(CS(=O)(=O)c5ccc(Cl)cc5)cc4)n3)cc2)CC1. The second kappa shape index (κ2) is 10.9. The third-order valence-corrected chi connectivity index (χ3v) is 11.5. The predicted molar refractivity (Wildman–Crippen MR) is 152 cm³/mol. The van der Waals surface area contributed by atoms with E-state index in [0.29, 0.717) is 34.5 Å². The second-order valence-corrected chi connectivity index (χ2v) is 14.8. The fraction of sp³-hybridized carbons (Fsp3) is 0.250. The number of nitrogens with zero attached hydrogens (tertiary/aromatic N) is 2. The quantitative estimate of drug-likeness (QED) is 0.246. The summed E-state index contributed by atoms with van der Waals surface area (Å²) in [5.74, 6) is 0.449. The predicted octanol–water partition coefficient (Wildman–Crippen LogP) is 6.53. The van der Waals surface area contributed by atoms with Crippen LogP contribution in [0.1, 0.15) is 25.3 Å². The van der Waals surface area contributed by atoms with Gasteiger partial charge in [-0.05, 0) is 60.7 Å². The first-order valence-corrected chi connectivity index (χ1v) is 16.6. The molecule has 0 radical (unpaired) electrons. The Labute approximate surface area is 232 Å². The highest BCUT2D eigenvalue weighted by Crippen LogP contribution is 2.31. The van der Waals surface area contributed by atoms with Crippen molar-refractivity contribution in [3.05, 3.63) is 88.8 Å². The molecule has 1 saturated heterocycles. The number of benzene rings is 3. The van der Waals surface area contributed by atoms with E-state index >= 15 is 0 Å². The zero-order valence-electron chi connectivity index (χ0n) is 20.7. The monoisotopic (exact) mass is 586 g/mol. The van der Waals surface area contributed by atoms with Crippen LogP contribution in [-0.4, -0.2) is 39.2 Å². The van der Waals surface area contributed by atoms with Gasteiger partial charge < -0.3 is 0 Å². The number of rotatable bonds is 7. The van der Waals surface area contributed by atoms with Crippen LogP contribution in [0.15, 0.2) is 88.0 Å². The number of sulfonamides is 1. The fourth-order valence-corrected chi connectivity index (χ4v) is 8.18. The summed E-state index contributed by atoms with van der Waals surface area (Å²) in [5, 5.41) is 3.22. The largest absolute Gasteiger partial charge is 0.243 e. The third kappa shape index (κ3) is 5.87. The maximum Gasteiger partial charge on any atom is 0.243 e. The highest BCUT2D eigenvalue weighted by molar-refractivity contribution is 7.90. The molecule has 10 heteroatoms. The minimum Gasteiger partial charge on any atom is -0.236 e. The van der Waals surface area contributed by atoms with E-state index in [1.165, 1.54) is 23.5 Å². The number of hydrogen-bond acceptors (Lipinski definition) is 6. The van der Waals surface area contributed by atoms with Gasteiger partial charge in [0.15, 0.2) is 9.84 Å². The Hall–Kier alpha value is -2.56. The zero-order valence-corrected chi connectivity index (χ0v) is 24.0. The van der Waals surface area contributed by atoms with Crippen molar-refractivity contribution >= 4 is 42.8 Å². The van der Waals surface area contributed by atoms with E-state index in [-0.39, 0.29) is 10.6 Å². The van der Waals surface area contributed by atoms with Crippen LogP contribution in [-0.2, 0) is 25.6 Å². The van der Waals surface area contributed by atoms with Crippen LogP contribution in [0.4, 0.5) is 0 Å². The molecule has 0 unspecified atom stereocenters. The molecule has 0 amide bonds. The molecule has 1 aliphatic rings. The zero-order chi connectivity index (χ0) is 26.9. The normalized spacial score (nSPS) is 15.5. The second-order valence-electron chi connectivity index (χ2n) is 9.56. The number of aromatic nitrogens is 1. The van der Waals surface area contributed by atoms with Gasteiger partial charge >= 0.3 is 0 Å². The first kappa shape index (κ1) is 27.0. The molecule has 0 spiro atoms. The van der Waals surface area contributed by atoms with E-state index < -0.39 is 19.9 Å². The number of piperidine rings is 1. The smallest absolute Gasteiger partial charge is 0.236 e. The molecule has 5 rings (SSSR count). The van der Waals surface area contributed by atoms with Crippen LogP contribution < -0.4 is 0 Å². The molecule has 4 aromatic rings. The van der Waals surface area contributed by atoms with Crippen molar-refractivity contribution in [1.82, 2.24) is 9.29 Å². The minimum atomic E-state index is -3.49. The van der Waals surface area contributed by atoms with Gasteiger partial charge in [0.1, 0.15) is 5.01 Å². The van der Waals surface area contributed by atoms with Crippen LogP contribution in [0, 0.1) is 5.92 Å². The first-order chi connectivity index (χ1) is 18.1. The maximum atomic E-state index is 13.0. The van der Waals surface area contributed by atoms with E-state index in [4.69, 9.17) is 16.6 Å². The van der Waals surface area contributed by atoms with Crippen molar-refractivity contribution in [1.29, 1.82) is 0 Å². The minimum absolute atomic E-state index is 0.107. The molecular weight excluding hydrogens is 560 g/mol. The molecule has 0 saturated carbocycles. The topological polar surface area (TPSA) is 84.4 Å². The number of hydrogen-bond donors (Lipinski definition) is 0. The van der Waals surface area contributed by atoms with Crippen molar-refractivity contribution in [3.63, 3.8) is 0 Å². The molecule has 0 bridgehead atoms. The van der Waals surface area contributed by atoms with Gasteiger partial charge in [-0.25, -0.2) is 21.8 Å². The Balaban J connectivity index is 1.28. The summed E-state index contributed by atoms with van der Waals surface area (Å²) in [6, 6.07) is 20.4. The van der Waals surface area contributed by atoms with Crippen molar-refractivity contribution in [3.8, 4) is 21.8 Å². The van der Waals surface area contributed by atoms with Gasteiger partial charge in [-0.15, -0.1) is 11.3 Å². The summed E-state index contributed by atoms with van der Waals surface area (Å²) < 4.78 is 53.0. The lowest BCUT2D eigenvalue weighted by molar-refractivity contribution is 0.288. The molecule has 1 fully saturated rings. The molecule has 0 atom stereocenters. The molecule has 1 aliphatic heterocycles. The van der Waals surface area contributed by atoms with E-state index in [2.05, 4.69) is 6.92 Å². The van der Waals surface area contributed by atoms with Gasteiger partial charge in [0.25, 0.3) is 0 Å². The van der Waals surface area contributed by atoms with Crippen LogP contribution >= 0.6 is 22.9 Å². The van der Waals surface area contributed by atoms with Gasteiger partial charge in [-0.2, -0.15) is 4.31 Å². The molecule has 0 N–H and O–H groups in total. The number of halogens is 1. The van der Waals surface area contributed by atoms with Crippen LogP contribution in [0.25, 0.3) is 21.8 Å². The Morgan fingerprint density at radius 2 is 1.42 bits per heavy atom. The van der Waals surface area contributed by atoms with E-state index in [9.17, 15) is 16.8 Å². The molecular formula is C28H27ClN2O4S3. The van der Waals surface area contributed by atoms with Crippen molar-refractivity contribution in [2.45, 2.75) is 35.3 Å². The lowest BCUT2D eigenvalue weighted by Crippen LogP contribution is -2.37. The van der Waals surface area contributed by atoms with E-state index in [1.54, 1.807) is 52.8 Å². The van der Waals surface area contributed by atoms with E-state index in [1.807, 2.05) is 17.5 Å². The van der Waals surface area contributed by atoms with Gasteiger partial charge in [0.05, 0.1) is 21.2 Å². The van der Waals surface area contributed by atoms with Gasteiger partial charge in [-0.1, -0.05) is 54.9 Å². The average molecular weight is 587 g/mol. The van der Waals surface area contributed by atoms with Gasteiger partial charge in [-0.3, -0.25) is 0 Å². The summed E-state index contributed by atoms with van der Waals surface area (Å²) in [5.41, 5.74) is 3.16. The van der Waals surface area contributed by atoms with Crippen molar-refractivity contribution in [2.24, 2.45) is 5.92 Å². The summed E-state index contributed by atoms with van der Waals surface area (Å²) >= 11 is 7.35. The van der Waals surface area contributed by atoms with Crippen LogP contribution in [0.2, 0.25) is 5.02 Å². The van der Waals surface area contributed by atoms with Gasteiger partial charge in [0.2, 0.25) is 10.0 Å². The van der Waals surface area contributed by atoms with Gasteiger partial charge in [0, 0.05) is 34.6 Å². The van der Waals surface area contributed by atoms with Crippen molar-refractivity contribution in [2.75, 3.05) is 13.1 Å². The Morgan fingerprint density at radius 3 is 2.05 bits per heavy atom. The molecule has 6 nitrogen and oxygen atoms in total. The van der Waals surface area contributed by atoms with Crippen molar-refractivity contribution < 1.29 is 16.8 Å². The Kier molecular flexibility index (Phi) is 7.75. The summed E-state index contributed by atoms with van der Waals surface area (Å²) in [6.45, 7) is 3.28. The molecule has 0 aliphatic carbocycles. The van der Waals surface area contributed by atoms with E-state index in [0.717, 1.165) is 34.7 Å². The highest BCUT2D eigenvalue weighted by atomic mass is 35.5. The summed E-state index contributed by atoms with van der Waals surface area (Å²) in [6.07, 6.45) is 1.77. The van der Waals surface area contributed by atoms with Crippen LogP contribution in [0.5, 0.6) is 0 Å². The summed E-state index contributed by atoms with van der Waals surface area (Å²) in [4.78, 5) is 5.27. The Morgan fingerprint density at radius 1 is 0.842 bits per heavy atom. The molecule has 2 heterocycles. The number of thiazole rings is 1. The molecule has 198 valence electrons. The third-order valence-electron chi connectivity index (χ3n) is 6.76. The molecule has 3 aromatic carbocycles. The average Bonchev–Trinajstić information content (AvgIpc) is 3.40. The molecule has 38 heavy (non-hydrogen) atoms. The Bertz CT molecular complexity index is 1620. The number of sulfone groups is 1. The first-order valence-electron chi connectivity index (χ1n) is 12.3. The standard InChI is InChI=1S/C28H27ClN2O4S3/c1-20-14-16-31(17-15-20)38(34,35)26-10-6-22(7-11-26)27-18-36-28(30-27)23-4-2-21(3-5-23)19-37(32,33)25-12-8-24(29)9-13-25/h2-13,18,20H,14-17,19H2,1H3. The highest BCUT2D eigenvalue weighted by Gasteiger charge is 2.28. The fourth-order valence-electron chi connectivity index (χ4n) is 4.40. The molecule has 1 aromatic heterocycles. The lowest BCUT2D eigenvalue weighted by atomic mass is 10.0. The van der Waals surface area contributed by atoms with Crippen LogP contribution in [0.3, 0.4) is 0 Å². The lowest BCUT2D eigenvalue weighted by Gasteiger charge is -2.29. The summed E-state index contributed by atoms with van der Waals surface area (Å²) in [7, 11) is -6.97. The maximum absolute atomic E-state index is 13.0.